The molecule has 0 bridgehead atoms. The van der Waals surface area contributed by atoms with Crippen molar-refractivity contribution in [3.05, 3.63) is 87.8 Å². The zero-order valence-electron chi connectivity index (χ0n) is 15.3. The molecule has 3 rings (SSSR count). The molecule has 138 valence electrons. The molecule has 27 heavy (non-hydrogen) atoms. The van der Waals surface area contributed by atoms with Gasteiger partial charge >= 0.3 is 0 Å². The Labute approximate surface area is 163 Å². The molecule has 0 spiro atoms. The average molecular weight is 381 g/mol. The van der Waals surface area contributed by atoms with Crippen molar-refractivity contribution in [2.24, 2.45) is 0 Å². The van der Waals surface area contributed by atoms with Gasteiger partial charge in [0.15, 0.2) is 0 Å². The largest absolute Gasteiger partial charge is 0.366 e. The summed E-state index contributed by atoms with van der Waals surface area (Å²) in [4.78, 5) is 21.1. The van der Waals surface area contributed by atoms with Crippen LogP contribution in [0.1, 0.15) is 33.0 Å². The van der Waals surface area contributed by atoms with E-state index in [1.54, 1.807) is 13.0 Å². The molecular formula is C21H21ClN4O. The lowest BCUT2D eigenvalue weighted by Gasteiger charge is -2.11. The first-order chi connectivity index (χ1) is 13.0. The molecule has 0 atom stereocenters. The van der Waals surface area contributed by atoms with Crippen LogP contribution in [0.25, 0.3) is 0 Å². The van der Waals surface area contributed by atoms with Crippen LogP contribution < -0.4 is 10.6 Å². The van der Waals surface area contributed by atoms with Crippen LogP contribution in [0, 0.1) is 13.8 Å². The molecule has 6 heteroatoms. The average Bonchev–Trinajstić information content (AvgIpc) is 2.66. The fraction of sp³-hybridized carbons (Fsp3) is 0.190. The first kappa shape index (κ1) is 18.9. The van der Waals surface area contributed by atoms with Gasteiger partial charge < -0.3 is 10.6 Å². The normalized spacial score (nSPS) is 10.5. The van der Waals surface area contributed by atoms with Gasteiger partial charge in [-0.2, -0.15) is 0 Å². The van der Waals surface area contributed by atoms with Crippen LogP contribution in [0.5, 0.6) is 0 Å². The fourth-order valence-corrected chi connectivity index (χ4v) is 2.88. The van der Waals surface area contributed by atoms with Crippen LogP contribution in [0.3, 0.4) is 0 Å². The van der Waals surface area contributed by atoms with Gasteiger partial charge in [0.05, 0.1) is 0 Å². The molecule has 0 unspecified atom stereocenters. The summed E-state index contributed by atoms with van der Waals surface area (Å²) in [5.41, 5.74) is 3.51. The third-order valence-corrected chi connectivity index (χ3v) is 4.56. The van der Waals surface area contributed by atoms with E-state index in [0.717, 1.165) is 16.7 Å². The molecule has 0 aliphatic carbocycles. The molecule has 0 fully saturated rings. The topological polar surface area (TPSA) is 66.9 Å². The summed E-state index contributed by atoms with van der Waals surface area (Å²) in [6.07, 6.45) is 0. The lowest BCUT2D eigenvalue weighted by molar-refractivity contribution is 0.0945. The second-order valence-electron chi connectivity index (χ2n) is 6.24. The minimum Gasteiger partial charge on any atom is -0.366 e. The maximum absolute atomic E-state index is 12.5. The number of aryl methyl sites for hydroxylation is 2. The molecule has 0 radical (unpaired) electrons. The van der Waals surface area contributed by atoms with E-state index in [2.05, 4.69) is 20.6 Å². The van der Waals surface area contributed by atoms with Crippen molar-refractivity contribution in [2.75, 3.05) is 5.32 Å². The molecule has 5 nitrogen and oxygen atoms in total. The number of aromatic nitrogens is 2. The molecule has 0 saturated carbocycles. The Bertz CT molecular complexity index is 958. The summed E-state index contributed by atoms with van der Waals surface area (Å²) in [7, 11) is 0. The monoisotopic (exact) mass is 380 g/mol. The molecule has 0 aliphatic heterocycles. The summed E-state index contributed by atoms with van der Waals surface area (Å²) in [6.45, 7) is 4.75. The molecule has 1 aromatic heterocycles. The summed E-state index contributed by atoms with van der Waals surface area (Å²) in [5, 5.41) is 6.81. The summed E-state index contributed by atoms with van der Waals surface area (Å²) in [6, 6.07) is 17.2. The molecule has 2 N–H and O–H groups in total. The smallest absolute Gasteiger partial charge is 0.270 e. The fourth-order valence-electron chi connectivity index (χ4n) is 2.68. The Morgan fingerprint density at radius 3 is 2.41 bits per heavy atom. The highest BCUT2D eigenvalue weighted by molar-refractivity contribution is 6.31. The summed E-state index contributed by atoms with van der Waals surface area (Å²) < 4.78 is 0. The quantitative estimate of drug-likeness (QED) is 0.669. The summed E-state index contributed by atoms with van der Waals surface area (Å²) >= 11 is 6.18. The van der Waals surface area contributed by atoms with E-state index in [9.17, 15) is 4.79 Å². The van der Waals surface area contributed by atoms with Gasteiger partial charge in [0.1, 0.15) is 17.3 Å². The first-order valence-electron chi connectivity index (χ1n) is 8.68. The predicted octanol–water partition coefficient (Wildman–Crippen LogP) is 4.29. The first-order valence-corrected chi connectivity index (χ1v) is 9.06. The third-order valence-electron chi connectivity index (χ3n) is 4.19. The van der Waals surface area contributed by atoms with E-state index in [0.29, 0.717) is 35.4 Å². The van der Waals surface area contributed by atoms with Crippen LogP contribution in [0.4, 0.5) is 5.82 Å². The molecule has 0 aliphatic rings. The highest BCUT2D eigenvalue weighted by Crippen LogP contribution is 2.17. The van der Waals surface area contributed by atoms with Crippen LogP contribution >= 0.6 is 11.6 Å². The molecule has 1 amide bonds. The highest BCUT2D eigenvalue weighted by atomic mass is 35.5. The number of carbonyl (C=O) groups is 1. The highest BCUT2D eigenvalue weighted by Gasteiger charge is 2.11. The van der Waals surface area contributed by atoms with E-state index in [1.165, 1.54) is 0 Å². The number of anilines is 1. The summed E-state index contributed by atoms with van der Waals surface area (Å²) in [5.74, 6) is 0.883. The van der Waals surface area contributed by atoms with Gasteiger partial charge in [-0.3, -0.25) is 4.79 Å². The van der Waals surface area contributed by atoms with Gasteiger partial charge in [-0.15, -0.1) is 0 Å². The van der Waals surface area contributed by atoms with E-state index in [4.69, 9.17) is 11.6 Å². The number of amides is 1. The second-order valence-corrected chi connectivity index (χ2v) is 6.65. The molecule has 1 heterocycles. The number of carbonyl (C=O) groups excluding carboxylic acids is 1. The number of benzene rings is 2. The number of halogens is 1. The Hall–Kier alpha value is -2.92. The van der Waals surface area contributed by atoms with Gasteiger partial charge in [-0.1, -0.05) is 54.1 Å². The maximum atomic E-state index is 12.5. The Morgan fingerprint density at radius 2 is 1.67 bits per heavy atom. The van der Waals surface area contributed by atoms with Crippen molar-refractivity contribution in [3.63, 3.8) is 0 Å². The van der Waals surface area contributed by atoms with Crippen LogP contribution in [-0.4, -0.2) is 15.9 Å². The van der Waals surface area contributed by atoms with Crippen molar-refractivity contribution < 1.29 is 4.79 Å². The van der Waals surface area contributed by atoms with Crippen molar-refractivity contribution in [2.45, 2.75) is 26.9 Å². The minimum atomic E-state index is -0.232. The number of nitrogens with one attached hydrogen (secondary N) is 2. The van der Waals surface area contributed by atoms with E-state index in [-0.39, 0.29) is 5.91 Å². The van der Waals surface area contributed by atoms with Crippen molar-refractivity contribution in [1.29, 1.82) is 0 Å². The minimum absolute atomic E-state index is 0.232. The second kappa shape index (κ2) is 8.64. The zero-order valence-corrected chi connectivity index (χ0v) is 16.0. The van der Waals surface area contributed by atoms with Gasteiger partial charge in [0.25, 0.3) is 5.91 Å². The molecule has 0 saturated heterocycles. The molecular weight excluding hydrogens is 360 g/mol. The lowest BCUT2D eigenvalue weighted by Crippen LogP contribution is -2.25. The Morgan fingerprint density at radius 1 is 0.963 bits per heavy atom. The van der Waals surface area contributed by atoms with Gasteiger partial charge in [0, 0.05) is 24.2 Å². The van der Waals surface area contributed by atoms with Crippen LogP contribution in [0.15, 0.2) is 54.6 Å². The number of rotatable bonds is 6. The van der Waals surface area contributed by atoms with Crippen LogP contribution in [0.2, 0.25) is 5.02 Å². The van der Waals surface area contributed by atoms with E-state index < -0.39 is 0 Å². The van der Waals surface area contributed by atoms with Gasteiger partial charge in [-0.05, 0) is 36.6 Å². The lowest BCUT2D eigenvalue weighted by atomic mass is 10.1. The van der Waals surface area contributed by atoms with Crippen molar-refractivity contribution >= 4 is 23.3 Å². The van der Waals surface area contributed by atoms with E-state index >= 15 is 0 Å². The predicted molar refractivity (Wildman–Crippen MR) is 108 cm³/mol. The van der Waals surface area contributed by atoms with E-state index in [1.807, 2.05) is 55.5 Å². The SMILES string of the molecule is Cc1nc(NCc2ccccc2Cl)cc(C(=O)NCc2ccccc2C)n1. The standard InChI is InChI=1S/C21H21ClN4O/c1-14-7-3-4-8-16(14)12-24-21(27)19-11-20(26-15(2)25-19)23-13-17-9-5-6-10-18(17)22/h3-11H,12-13H2,1-2H3,(H,24,27)(H,23,25,26). The van der Waals surface area contributed by atoms with Gasteiger partial charge in [-0.25, -0.2) is 9.97 Å². The Kier molecular flexibility index (Phi) is 6.04. The Balaban J connectivity index is 1.68. The van der Waals surface area contributed by atoms with Crippen molar-refractivity contribution in [1.82, 2.24) is 15.3 Å². The zero-order chi connectivity index (χ0) is 19.2. The van der Waals surface area contributed by atoms with Gasteiger partial charge in [0.2, 0.25) is 0 Å². The number of nitrogens with zero attached hydrogens (tertiary/aromatic N) is 2. The molecule has 3 aromatic rings. The third kappa shape index (κ3) is 5.05. The van der Waals surface area contributed by atoms with Crippen LogP contribution in [-0.2, 0) is 13.1 Å². The molecule has 2 aromatic carbocycles. The maximum Gasteiger partial charge on any atom is 0.270 e. The van der Waals surface area contributed by atoms with Crippen molar-refractivity contribution in [3.8, 4) is 0 Å². The number of hydrogen-bond acceptors (Lipinski definition) is 4. The number of hydrogen-bond donors (Lipinski definition) is 2.